The first kappa shape index (κ1) is 24.6. The topological polar surface area (TPSA) is 89.7 Å². The fourth-order valence-electron chi connectivity index (χ4n) is 2.95. The van der Waals surface area contributed by atoms with Gasteiger partial charge in [-0.25, -0.2) is 0 Å². The smallest absolute Gasteiger partial charge is 0.247 e. The van der Waals surface area contributed by atoms with Gasteiger partial charge >= 0.3 is 0 Å². The molecule has 1 heterocycles. The second kappa shape index (κ2) is 12.9. The number of nitrogens with zero attached hydrogens (tertiary/aromatic N) is 3. The Morgan fingerprint density at radius 3 is 2.48 bits per heavy atom. The monoisotopic (exact) mass is 470 g/mol. The van der Waals surface area contributed by atoms with Crippen LogP contribution in [0.25, 0.3) is 11.5 Å². The first-order chi connectivity index (χ1) is 16.0. The van der Waals surface area contributed by atoms with Crippen molar-refractivity contribution in [3.63, 3.8) is 0 Å². The molecule has 0 spiro atoms. The largest absolute Gasteiger partial charge is 0.497 e. The molecule has 0 fully saturated rings. The molecule has 9 heteroatoms. The van der Waals surface area contributed by atoms with E-state index in [4.69, 9.17) is 13.9 Å². The van der Waals surface area contributed by atoms with E-state index in [1.165, 1.54) is 0 Å². The minimum Gasteiger partial charge on any atom is -0.497 e. The fraction of sp³-hybridized carbons (Fsp3) is 0.375. The second-order valence-electron chi connectivity index (χ2n) is 7.61. The Bertz CT molecular complexity index is 990. The number of rotatable bonds is 13. The molecule has 33 heavy (non-hydrogen) atoms. The SMILES string of the molecule is COc1ccc(OCCSCc2nnc(-c3ccc(NC(=O)CCCN(C)C)cc3)o2)cc1. The molecule has 0 atom stereocenters. The number of ether oxygens (including phenoxy) is 2. The highest BCUT2D eigenvalue weighted by Gasteiger charge is 2.10. The fourth-order valence-corrected chi connectivity index (χ4v) is 3.59. The second-order valence-corrected chi connectivity index (χ2v) is 8.72. The Hall–Kier alpha value is -3.04. The van der Waals surface area contributed by atoms with Gasteiger partial charge in [0.2, 0.25) is 17.7 Å². The van der Waals surface area contributed by atoms with Gasteiger partial charge in [0.05, 0.1) is 19.5 Å². The van der Waals surface area contributed by atoms with Crippen LogP contribution in [0, 0.1) is 0 Å². The van der Waals surface area contributed by atoms with Crippen LogP contribution in [0.3, 0.4) is 0 Å². The predicted octanol–water partition coefficient (Wildman–Crippen LogP) is 4.34. The molecule has 0 aliphatic carbocycles. The average molecular weight is 471 g/mol. The van der Waals surface area contributed by atoms with E-state index in [2.05, 4.69) is 20.4 Å². The van der Waals surface area contributed by atoms with Gasteiger partial charge in [0.25, 0.3) is 0 Å². The van der Waals surface area contributed by atoms with Crippen molar-refractivity contribution in [2.75, 3.05) is 45.4 Å². The third kappa shape index (κ3) is 8.43. The van der Waals surface area contributed by atoms with E-state index in [1.807, 2.05) is 62.6 Å². The van der Waals surface area contributed by atoms with E-state index in [0.717, 1.165) is 41.5 Å². The van der Waals surface area contributed by atoms with Gasteiger partial charge in [-0.05, 0) is 75.6 Å². The van der Waals surface area contributed by atoms with E-state index in [1.54, 1.807) is 18.9 Å². The molecule has 176 valence electrons. The molecule has 3 aromatic rings. The van der Waals surface area contributed by atoms with Crippen molar-refractivity contribution in [3.05, 3.63) is 54.4 Å². The molecule has 0 saturated heterocycles. The first-order valence-electron chi connectivity index (χ1n) is 10.8. The highest BCUT2D eigenvalue weighted by Crippen LogP contribution is 2.22. The summed E-state index contributed by atoms with van der Waals surface area (Å²) >= 11 is 1.66. The van der Waals surface area contributed by atoms with Crippen molar-refractivity contribution in [2.24, 2.45) is 0 Å². The average Bonchev–Trinajstić information content (AvgIpc) is 3.28. The number of anilines is 1. The van der Waals surface area contributed by atoms with Gasteiger partial charge in [-0.2, -0.15) is 0 Å². The highest BCUT2D eigenvalue weighted by molar-refractivity contribution is 7.98. The van der Waals surface area contributed by atoms with Gasteiger partial charge in [0.15, 0.2) is 0 Å². The van der Waals surface area contributed by atoms with Crippen molar-refractivity contribution in [3.8, 4) is 23.0 Å². The molecule has 1 amide bonds. The standard InChI is InChI=1S/C24H30N4O4S/c1-28(2)14-4-5-22(29)25-19-8-6-18(7-9-19)24-27-26-23(32-24)17-33-16-15-31-21-12-10-20(30-3)11-13-21/h6-13H,4-5,14-17H2,1-3H3,(H,25,29). The van der Waals surface area contributed by atoms with Crippen LogP contribution in [0.2, 0.25) is 0 Å². The van der Waals surface area contributed by atoms with E-state index < -0.39 is 0 Å². The van der Waals surface area contributed by atoms with Crippen molar-refractivity contribution in [2.45, 2.75) is 18.6 Å². The van der Waals surface area contributed by atoms with Crippen molar-refractivity contribution in [1.29, 1.82) is 0 Å². The lowest BCUT2D eigenvalue weighted by molar-refractivity contribution is -0.116. The van der Waals surface area contributed by atoms with Crippen LogP contribution in [0.15, 0.2) is 52.9 Å². The Kier molecular flexibility index (Phi) is 9.59. The maximum absolute atomic E-state index is 12.0. The molecule has 2 aromatic carbocycles. The minimum absolute atomic E-state index is 0.0117. The maximum atomic E-state index is 12.0. The van der Waals surface area contributed by atoms with Crippen LogP contribution in [-0.4, -0.2) is 61.1 Å². The summed E-state index contributed by atoms with van der Waals surface area (Å²) in [5, 5.41) is 11.2. The zero-order valence-corrected chi connectivity index (χ0v) is 20.1. The number of methoxy groups -OCH3 is 1. The van der Waals surface area contributed by atoms with Crippen LogP contribution >= 0.6 is 11.8 Å². The quantitative estimate of drug-likeness (QED) is 0.369. The number of benzene rings is 2. The van der Waals surface area contributed by atoms with Crippen LogP contribution < -0.4 is 14.8 Å². The molecule has 0 aliphatic heterocycles. The van der Waals surface area contributed by atoms with E-state index in [0.29, 0.717) is 30.6 Å². The van der Waals surface area contributed by atoms with Gasteiger partial charge in [0, 0.05) is 23.4 Å². The van der Waals surface area contributed by atoms with Gasteiger partial charge in [-0.15, -0.1) is 22.0 Å². The number of aromatic nitrogens is 2. The third-order valence-electron chi connectivity index (χ3n) is 4.67. The Balaban J connectivity index is 1.38. The summed E-state index contributed by atoms with van der Waals surface area (Å²) in [6.45, 7) is 1.47. The lowest BCUT2D eigenvalue weighted by Crippen LogP contribution is -2.17. The number of amides is 1. The summed E-state index contributed by atoms with van der Waals surface area (Å²) in [6, 6.07) is 14.9. The number of hydrogen-bond donors (Lipinski definition) is 1. The number of carbonyl (C=O) groups is 1. The van der Waals surface area contributed by atoms with Crippen LogP contribution in [0.1, 0.15) is 18.7 Å². The summed E-state index contributed by atoms with van der Waals surface area (Å²) in [5.74, 6) is 4.06. The highest BCUT2D eigenvalue weighted by atomic mass is 32.2. The zero-order chi connectivity index (χ0) is 23.5. The minimum atomic E-state index is 0.0117. The Morgan fingerprint density at radius 1 is 1.06 bits per heavy atom. The summed E-state index contributed by atoms with van der Waals surface area (Å²) in [6.07, 6.45) is 1.32. The Morgan fingerprint density at radius 2 is 1.79 bits per heavy atom. The normalized spacial score (nSPS) is 10.9. The first-order valence-corrected chi connectivity index (χ1v) is 11.9. The van der Waals surface area contributed by atoms with Gasteiger partial charge < -0.3 is 24.1 Å². The number of nitrogens with one attached hydrogen (secondary N) is 1. The van der Waals surface area contributed by atoms with Crippen molar-refractivity contribution in [1.82, 2.24) is 15.1 Å². The summed E-state index contributed by atoms with van der Waals surface area (Å²) < 4.78 is 16.6. The summed E-state index contributed by atoms with van der Waals surface area (Å²) in [5.41, 5.74) is 1.56. The summed E-state index contributed by atoms with van der Waals surface area (Å²) in [4.78, 5) is 14.1. The van der Waals surface area contributed by atoms with Crippen LogP contribution in [-0.2, 0) is 10.5 Å². The van der Waals surface area contributed by atoms with Gasteiger partial charge in [-0.1, -0.05) is 0 Å². The molecule has 8 nitrogen and oxygen atoms in total. The van der Waals surface area contributed by atoms with Crippen LogP contribution in [0.4, 0.5) is 5.69 Å². The molecule has 0 radical (unpaired) electrons. The van der Waals surface area contributed by atoms with E-state index >= 15 is 0 Å². The summed E-state index contributed by atoms with van der Waals surface area (Å²) in [7, 11) is 5.63. The van der Waals surface area contributed by atoms with Crippen LogP contribution in [0.5, 0.6) is 11.5 Å². The molecule has 0 bridgehead atoms. The maximum Gasteiger partial charge on any atom is 0.247 e. The zero-order valence-electron chi connectivity index (χ0n) is 19.2. The lowest BCUT2D eigenvalue weighted by Gasteiger charge is -2.09. The number of hydrogen-bond acceptors (Lipinski definition) is 8. The molecule has 0 saturated carbocycles. The van der Waals surface area contributed by atoms with Gasteiger partial charge in [-0.3, -0.25) is 4.79 Å². The van der Waals surface area contributed by atoms with Crippen molar-refractivity contribution < 1.29 is 18.7 Å². The molecular weight excluding hydrogens is 440 g/mol. The number of thioether (sulfide) groups is 1. The molecule has 1 aromatic heterocycles. The third-order valence-corrected chi connectivity index (χ3v) is 5.58. The molecule has 0 aliphatic rings. The van der Waals surface area contributed by atoms with E-state index in [9.17, 15) is 4.79 Å². The van der Waals surface area contributed by atoms with Crippen molar-refractivity contribution >= 4 is 23.4 Å². The molecular formula is C24H30N4O4S. The van der Waals surface area contributed by atoms with E-state index in [-0.39, 0.29) is 5.91 Å². The molecule has 1 N–H and O–H groups in total. The number of carbonyl (C=O) groups excluding carboxylic acids is 1. The molecule has 3 rings (SSSR count). The van der Waals surface area contributed by atoms with Gasteiger partial charge in [0.1, 0.15) is 11.5 Å². The predicted molar refractivity (Wildman–Crippen MR) is 131 cm³/mol. The Labute approximate surface area is 198 Å². The molecule has 0 unspecified atom stereocenters. The lowest BCUT2D eigenvalue weighted by atomic mass is 10.2.